The van der Waals surface area contributed by atoms with E-state index in [-0.39, 0.29) is 0 Å². The summed E-state index contributed by atoms with van der Waals surface area (Å²) in [6, 6.07) is 0. The molecule has 0 saturated carbocycles. The maximum absolute atomic E-state index is 9.54. The topological polar surface area (TPSA) is 38.0 Å². The summed E-state index contributed by atoms with van der Waals surface area (Å²) < 4.78 is 1.82. The minimum atomic E-state index is -0.739. The zero-order chi connectivity index (χ0) is 9.35. The van der Waals surface area contributed by atoms with Gasteiger partial charge in [-0.25, -0.2) is 4.98 Å². The van der Waals surface area contributed by atoms with E-state index in [0.717, 1.165) is 5.69 Å². The molecule has 1 aromatic heterocycles. The molecular formula is C8H13ClN2O. The Morgan fingerprint density at radius 1 is 1.67 bits per heavy atom. The van der Waals surface area contributed by atoms with E-state index in [1.807, 2.05) is 11.6 Å². The molecule has 0 spiro atoms. The largest absolute Gasteiger partial charge is 0.390 e. The predicted molar refractivity (Wildman–Crippen MR) is 48.2 cm³/mol. The highest BCUT2D eigenvalue weighted by Crippen LogP contribution is 2.18. The third kappa shape index (κ3) is 2.22. The zero-order valence-corrected chi connectivity index (χ0v) is 8.26. The van der Waals surface area contributed by atoms with Crippen LogP contribution < -0.4 is 0 Å². The normalized spacial score (nSPS) is 12.1. The van der Waals surface area contributed by atoms with Crippen LogP contribution >= 0.6 is 11.6 Å². The molecule has 12 heavy (non-hydrogen) atoms. The number of halogens is 1. The Labute approximate surface area is 77.0 Å². The first-order valence-electron chi connectivity index (χ1n) is 3.78. The monoisotopic (exact) mass is 188 g/mol. The van der Waals surface area contributed by atoms with Gasteiger partial charge in [0.15, 0.2) is 0 Å². The SMILES string of the molecule is Cn1cnc(Cl)c1CC(C)(C)O. The minimum Gasteiger partial charge on any atom is -0.390 e. The molecule has 3 nitrogen and oxygen atoms in total. The van der Waals surface area contributed by atoms with Gasteiger partial charge in [0.1, 0.15) is 5.15 Å². The molecule has 1 N–H and O–H groups in total. The third-order valence-electron chi connectivity index (χ3n) is 1.61. The number of imidazole rings is 1. The summed E-state index contributed by atoms with van der Waals surface area (Å²) >= 11 is 5.81. The highest BCUT2D eigenvalue weighted by atomic mass is 35.5. The fraction of sp³-hybridized carbons (Fsp3) is 0.625. The Hall–Kier alpha value is -0.540. The number of nitrogens with zero attached hydrogens (tertiary/aromatic N) is 2. The molecule has 0 amide bonds. The summed E-state index contributed by atoms with van der Waals surface area (Å²) in [5.74, 6) is 0. The van der Waals surface area contributed by atoms with Crippen LogP contribution in [0.15, 0.2) is 6.33 Å². The number of aliphatic hydroxyl groups is 1. The van der Waals surface area contributed by atoms with Gasteiger partial charge in [0.25, 0.3) is 0 Å². The Balaban J connectivity index is 2.88. The minimum absolute atomic E-state index is 0.472. The first-order chi connectivity index (χ1) is 5.40. The van der Waals surface area contributed by atoms with E-state index >= 15 is 0 Å². The lowest BCUT2D eigenvalue weighted by molar-refractivity contribution is 0.0792. The standard InChI is InChI=1S/C8H13ClN2O/c1-8(2,12)4-6-7(9)10-5-11(6)3/h5,12H,4H2,1-3H3. The molecule has 4 heteroatoms. The first kappa shape index (κ1) is 9.55. The molecule has 0 aliphatic rings. The molecule has 68 valence electrons. The van der Waals surface area contributed by atoms with Crippen LogP contribution in [0.5, 0.6) is 0 Å². The Kier molecular flexibility index (Phi) is 2.44. The smallest absolute Gasteiger partial charge is 0.150 e. The molecule has 1 rings (SSSR count). The van der Waals surface area contributed by atoms with Crippen molar-refractivity contribution in [3.8, 4) is 0 Å². The molecule has 0 bridgehead atoms. The molecule has 0 atom stereocenters. The third-order valence-corrected chi connectivity index (χ3v) is 1.92. The van der Waals surface area contributed by atoms with E-state index in [2.05, 4.69) is 4.98 Å². The van der Waals surface area contributed by atoms with E-state index in [1.165, 1.54) is 0 Å². The van der Waals surface area contributed by atoms with Gasteiger partial charge in [0.05, 0.1) is 17.6 Å². The van der Waals surface area contributed by atoms with Gasteiger partial charge >= 0.3 is 0 Å². The van der Waals surface area contributed by atoms with Crippen molar-refractivity contribution in [3.05, 3.63) is 17.2 Å². The van der Waals surface area contributed by atoms with Crippen LogP contribution in [0, 0.1) is 0 Å². The molecule has 1 aromatic rings. The number of hydrogen-bond acceptors (Lipinski definition) is 2. The second-order valence-corrected chi connectivity index (χ2v) is 3.94. The van der Waals surface area contributed by atoms with Crippen LogP contribution in [0.4, 0.5) is 0 Å². The fourth-order valence-corrected chi connectivity index (χ4v) is 1.28. The number of hydrogen-bond donors (Lipinski definition) is 1. The van der Waals surface area contributed by atoms with Crippen molar-refractivity contribution in [1.29, 1.82) is 0 Å². The Bertz CT molecular complexity index is 256. The van der Waals surface area contributed by atoms with E-state index in [4.69, 9.17) is 11.6 Å². The highest BCUT2D eigenvalue weighted by Gasteiger charge is 2.18. The van der Waals surface area contributed by atoms with Crippen LogP contribution in [-0.2, 0) is 13.5 Å². The van der Waals surface area contributed by atoms with Crippen molar-refractivity contribution < 1.29 is 5.11 Å². The van der Waals surface area contributed by atoms with E-state index in [0.29, 0.717) is 11.6 Å². The lowest BCUT2D eigenvalue weighted by Crippen LogP contribution is -2.23. The summed E-state index contributed by atoms with van der Waals surface area (Å²) in [6.45, 7) is 3.49. The van der Waals surface area contributed by atoms with Gasteiger partial charge < -0.3 is 9.67 Å². The maximum Gasteiger partial charge on any atom is 0.150 e. The average molecular weight is 189 g/mol. The molecule has 0 fully saturated rings. The maximum atomic E-state index is 9.54. The van der Waals surface area contributed by atoms with Crippen LogP contribution in [0.2, 0.25) is 5.15 Å². The lowest BCUT2D eigenvalue weighted by atomic mass is 10.0. The van der Waals surface area contributed by atoms with Crippen molar-refractivity contribution >= 4 is 11.6 Å². The summed E-state index contributed by atoms with van der Waals surface area (Å²) in [5, 5.41) is 10.0. The molecule has 0 unspecified atom stereocenters. The van der Waals surface area contributed by atoms with Crippen molar-refractivity contribution in [2.75, 3.05) is 0 Å². The lowest BCUT2D eigenvalue weighted by Gasteiger charge is -2.16. The molecule has 0 radical (unpaired) electrons. The van der Waals surface area contributed by atoms with Crippen molar-refractivity contribution in [1.82, 2.24) is 9.55 Å². The van der Waals surface area contributed by atoms with Crippen molar-refractivity contribution in [2.24, 2.45) is 7.05 Å². The van der Waals surface area contributed by atoms with Gasteiger partial charge in [0, 0.05) is 13.5 Å². The van der Waals surface area contributed by atoms with Crippen molar-refractivity contribution in [2.45, 2.75) is 25.9 Å². The van der Waals surface area contributed by atoms with E-state index < -0.39 is 5.60 Å². The second kappa shape index (κ2) is 3.07. The first-order valence-corrected chi connectivity index (χ1v) is 4.16. The van der Waals surface area contributed by atoms with Gasteiger partial charge in [0.2, 0.25) is 0 Å². The van der Waals surface area contributed by atoms with Gasteiger partial charge in [-0.15, -0.1) is 0 Å². The van der Waals surface area contributed by atoms with Crippen LogP contribution in [0.1, 0.15) is 19.5 Å². The van der Waals surface area contributed by atoms with Gasteiger partial charge in [-0.05, 0) is 13.8 Å². The van der Waals surface area contributed by atoms with Gasteiger partial charge in [-0.1, -0.05) is 11.6 Å². The van der Waals surface area contributed by atoms with E-state index in [1.54, 1.807) is 20.2 Å². The fourth-order valence-electron chi connectivity index (χ4n) is 1.03. The van der Waals surface area contributed by atoms with Gasteiger partial charge in [-0.2, -0.15) is 0 Å². The summed E-state index contributed by atoms with van der Waals surface area (Å²) in [7, 11) is 1.86. The quantitative estimate of drug-likeness (QED) is 0.762. The number of rotatable bonds is 2. The highest BCUT2D eigenvalue weighted by molar-refractivity contribution is 6.30. The predicted octanol–water partition coefficient (Wildman–Crippen LogP) is 1.39. The Morgan fingerprint density at radius 2 is 2.25 bits per heavy atom. The molecule has 0 saturated heterocycles. The molecule has 0 aliphatic carbocycles. The molecule has 0 aromatic carbocycles. The van der Waals surface area contributed by atoms with Gasteiger partial charge in [-0.3, -0.25) is 0 Å². The summed E-state index contributed by atoms with van der Waals surface area (Å²) in [6.07, 6.45) is 2.16. The van der Waals surface area contributed by atoms with Crippen LogP contribution in [-0.4, -0.2) is 20.3 Å². The zero-order valence-electron chi connectivity index (χ0n) is 7.50. The van der Waals surface area contributed by atoms with E-state index in [9.17, 15) is 5.11 Å². The average Bonchev–Trinajstić information content (AvgIpc) is 2.16. The molecular weight excluding hydrogens is 176 g/mol. The molecule has 0 aliphatic heterocycles. The van der Waals surface area contributed by atoms with Crippen molar-refractivity contribution in [3.63, 3.8) is 0 Å². The Morgan fingerprint density at radius 3 is 2.58 bits per heavy atom. The number of aryl methyl sites for hydroxylation is 1. The van der Waals surface area contributed by atoms with Crippen LogP contribution in [0.3, 0.4) is 0 Å². The van der Waals surface area contributed by atoms with Crippen LogP contribution in [0.25, 0.3) is 0 Å². The molecule has 1 heterocycles. The number of aromatic nitrogens is 2. The summed E-state index contributed by atoms with van der Waals surface area (Å²) in [4.78, 5) is 3.92. The second-order valence-electron chi connectivity index (χ2n) is 3.58. The summed E-state index contributed by atoms with van der Waals surface area (Å²) in [5.41, 5.74) is 0.126.